The van der Waals surface area contributed by atoms with Crippen LogP contribution in [0.1, 0.15) is 84.5 Å². The van der Waals surface area contributed by atoms with Crippen molar-refractivity contribution in [3.63, 3.8) is 0 Å². The summed E-state index contributed by atoms with van der Waals surface area (Å²) in [6.45, 7) is 5.52. The summed E-state index contributed by atoms with van der Waals surface area (Å²) in [6.07, 6.45) is 19.1. The van der Waals surface area contributed by atoms with E-state index in [1.54, 1.807) is 0 Å². The highest BCUT2D eigenvalue weighted by Crippen LogP contribution is 2.68. The molecule has 0 amide bonds. The van der Waals surface area contributed by atoms with Crippen LogP contribution in [0.3, 0.4) is 0 Å². The fraction of sp³-hybridized carbons (Fsp3) is 0.923. The molecule has 164 valence electrons. The summed E-state index contributed by atoms with van der Waals surface area (Å²) in [6, 6.07) is 0. The molecule has 2 nitrogen and oxygen atoms in total. The number of thioether (sulfide) groups is 1. The molecule has 0 heterocycles. The molecule has 4 rings (SSSR count). The van der Waals surface area contributed by atoms with Gasteiger partial charge < -0.3 is 10.2 Å². The van der Waals surface area contributed by atoms with E-state index in [4.69, 9.17) is 11.5 Å². The zero-order chi connectivity index (χ0) is 20.7. The lowest BCUT2D eigenvalue weighted by Crippen LogP contribution is -2.55. The number of aliphatic hydroxyl groups is 2. The molecule has 0 aromatic heterocycles. The van der Waals surface area contributed by atoms with Gasteiger partial charge in [0, 0.05) is 6.61 Å². The molecule has 4 aliphatic carbocycles. The minimum absolute atomic E-state index is 0.331. The van der Waals surface area contributed by atoms with Crippen molar-refractivity contribution in [1.29, 1.82) is 0 Å². The van der Waals surface area contributed by atoms with Gasteiger partial charge in [-0.25, -0.2) is 0 Å². The lowest BCUT2D eigenvalue weighted by Gasteiger charge is -2.61. The molecule has 4 saturated carbocycles. The van der Waals surface area contributed by atoms with Crippen LogP contribution in [0.2, 0.25) is 0 Å². The predicted octanol–water partition coefficient (Wildman–Crippen LogP) is 5.52. The second kappa shape index (κ2) is 8.40. The summed E-state index contributed by atoms with van der Waals surface area (Å²) >= 11 is 2.04. The summed E-state index contributed by atoms with van der Waals surface area (Å²) in [5, 5.41) is 19.7. The average Bonchev–Trinajstić information content (AvgIpc) is 3.05. The molecule has 0 bridgehead atoms. The maximum atomic E-state index is 10.7. The van der Waals surface area contributed by atoms with Crippen molar-refractivity contribution in [2.45, 2.75) is 90.1 Å². The van der Waals surface area contributed by atoms with E-state index in [1.165, 1.54) is 50.7 Å². The lowest BCUT2D eigenvalue weighted by molar-refractivity contribution is -0.137. The highest BCUT2D eigenvalue weighted by Gasteiger charge is 2.60. The number of hydrogen-bond acceptors (Lipinski definition) is 3. The van der Waals surface area contributed by atoms with Gasteiger partial charge in [-0.15, -0.1) is 6.42 Å². The van der Waals surface area contributed by atoms with Gasteiger partial charge in [0.2, 0.25) is 0 Å². The Balaban J connectivity index is 1.43. The first-order valence-corrected chi connectivity index (χ1v) is 13.4. The normalized spacial score (nSPS) is 49.0. The zero-order valence-corrected chi connectivity index (χ0v) is 19.5. The monoisotopic (exact) mass is 418 g/mol. The molecule has 0 saturated heterocycles. The van der Waals surface area contributed by atoms with Gasteiger partial charge in [0.05, 0.1) is 0 Å². The van der Waals surface area contributed by atoms with Crippen LogP contribution >= 0.6 is 11.8 Å². The number of fused-ring (bicyclic) bond motifs is 5. The van der Waals surface area contributed by atoms with E-state index in [0.29, 0.717) is 23.4 Å². The van der Waals surface area contributed by atoms with Gasteiger partial charge in [-0.1, -0.05) is 19.8 Å². The molecule has 2 N–H and O–H groups in total. The van der Waals surface area contributed by atoms with Crippen LogP contribution in [0.25, 0.3) is 0 Å². The van der Waals surface area contributed by atoms with Gasteiger partial charge >= 0.3 is 0 Å². The molecule has 29 heavy (non-hydrogen) atoms. The number of terminal acetylenes is 1. The number of hydrogen-bond donors (Lipinski definition) is 2. The fourth-order valence-corrected chi connectivity index (χ4v) is 9.44. The van der Waals surface area contributed by atoms with Crippen LogP contribution in [0.5, 0.6) is 0 Å². The van der Waals surface area contributed by atoms with E-state index in [2.05, 4.69) is 19.8 Å². The first-order chi connectivity index (χ1) is 13.9. The molecule has 0 spiro atoms. The molecule has 0 unspecified atom stereocenters. The minimum atomic E-state index is -0.841. The van der Waals surface area contributed by atoms with Gasteiger partial charge in [0.25, 0.3) is 0 Å². The van der Waals surface area contributed by atoms with Crippen LogP contribution in [0, 0.1) is 52.8 Å². The molecular formula is C26H42O2S. The summed E-state index contributed by atoms with van der Waals surface area (Å²) in [5.74, 6) is 9.28. The van der Waals surface area contributed by atoms with Crippen LogP contribution < -0.4 is 0 Å². The summed E-state index contributed by atoms with van der Waals surface area (Å²) in [5.41, 5.74) is 0.105. The van der Waals surface area contributed by atoms with Crippen LogP contribution in [-0.2, 0) is 0 Å². The summed E-state index contributed by atoms with van der Waals surface area (Å²) in [7, 11) is 0. The maximum Gasteiger partial charge on any atom is 0.125 e. The van der Waals surface area contributed by atoms with Crippen molar-refractivity contribution in [2.24, 2.45) is 40.4 Å². The molecule has 0 aromatic carbocycles. The van der Waals surface area contributed by atoms with Crippen molar-refractivity contribution >= 4 is 11.8 Å². The third kappa shape index (κ3) is 3.81. The zero-order valence-electron chi connectivity index (χ0n) is 18.7. The van der Waals surface area contributed by atoms with Crippen LogP contribution in [-0.4, -0.2) is 33.9 Å². The van der Waals surface area contributed by atoms with Crippen molar-refractivity contribution in [3.8, 4) is 12.3 Å². The quantitative estimate of drug-likeness (QED) is 0.441. The highest BCUT2D eigenvalue weighted by molar-refractivity contribution is 7.99. The standard InChI is InChI=1S/C26H42O2S/c1-4-26(28)14-13-25(3)20(18-26)6-8-21-22-9-7-19(11-17-29-16-5-15-27)24(22,2)12-10-23(21)25/h1,19-23,27-28H,5-18H2,2-3H3/t19-,20-,21+,22+,23+,24-,25+,26-/m1/s1. The van der Waals surface area contributed by atoms with Crippen LogP contribution in [0.15, 0.2) is 0 Å². The highest BCUT2D eigenvalue weighted by atomic mass is 32.2. The van der Waals surface area contributed by atoms with Gasteiger partial charge in [0.15, 0.2) is 0 Å². The lowest BCUT2D eigenvalue weighted by atomic mass is 9.44. The Kier molecular flexibility index (Phi) is 6.39. The van der Waals surface area contributed by atoms with Gasteiger partial charge in [-0.3, -0.25) is 0 Å². The molecular weight excluding hydrogens is 376 g/mol. The number of aliphatic hydroxyl groups excluding tert-OH is 1. The number of rotatable bonds is 6. The predicted molar refractivity (Wildman–Crippen MR) is 123 cm³/mol. The molecule has 0 radical (unpaired) electrons. The van der Waals surface area contributed by atoms with Crippen molar-refractivity contribution in [3.05, 3.63) is 0 Å². The molecule has 3 heteroatoms. The largest absolute Gasteiger partial charge is 0.396 e. The van der Waals surface area contributed by atoms with Gasteiger partial charge in [-0.05, 0) is 123 Å². The van der Waals surface area contributed by atoms with E-state index in [9.17, 15) is 5.11 Å². The Labute approximate surface area is 183 Å². The minimum Gasteiger partial charge on any atom is -0.396 e. The van der Waals surface area contributed by atoms with Crippen molar-refractivity contribution in [2.75, 3.05) is 18.1 Å². The van der Waals surface area contributed by atoms with Crippen LogP contribution in [0.4, 0.5) is 0 Å². The molecule has 0 aromatic rings. The SMILES string of the molecule is C#C[C@@]1(O)CC[C@@]2(C)[C@H](CC[C@@H]3[C@@H]2CC[C@]2(C)[C@@H](CCSCCCO)CC[C@@H]32)C1. The van der Waals surface area contributed by atoms with Gasteiger partial charge in [-0.2, -0.15) is 11.8 Å². The topological polar surface area (TPSA) is 40.5 Å². The summed E-state index contributed by atoms with van der Waals surface area (Å²) in [4.78, 5) is 0. The summed E-state index contributed by atoms with van der Waals surface area (Å²) < 4.78 is 0. The Hall–Kier alpha value is -0.170. The fourth-order valence-electron chi connectivity index (χ4n) is 8.45. The van der Waals surface area contributed by atoms with Crippen molar-refractivity contribution in [1.82, 2.24) is 0 Å². The second-order valence-electron chi connectivity index (χ2n) is 11.3. The maximum absolute atomic E-state index is 10.7. The Morgan fingerprint density at radius 1 is 0.966 bits per heavy atom. The first kappa shape index (κ1) is 22.0. The molecule has 4 aliphatic rings. The Bertz CT molecular complexity index is 629. The van der Waals surface area contributed by atoms with Gasteiger partial charge in [0.1, 0.15) is 5.60 Å². The first-order valence-electron chi connectivity index (χ1n) is 12.2. The van der Waals surface area contributed by atoms with Crippen molar-refractivity contribution < 1.29 is 10.2 Å². The van der Waals surface area contributed by atoms with E-state index in [1.807, 2.05) is 11.8 Å². The van der Waals surface area contributed by atoms with E-state index >= 15 is 0 Å². The molecule has 8 atom stereocenters. The second-order valence-corrected chi connectivity index (χ2v) is 12.6. The molecule has 4 fully saturated rings. The average molecular weight is 419 g/mol. The third-order valence-corrected chi connectivity index (χ3v) is 11.4. The Morgan fingerprint density at radius 3 is 2.52 bits per heavy atom. The smallest absolute Gasteiger partial charge is 0.125 e. The molecule has 0 aliphatic heterocycles. The third-order valence-electron chi connectivity index (χ3n) is 10.2. The van der Waals surface area contributed by atoms with E-state index in [-0.39, 0.29) is 0 Å². The Morgan fingerprint density at radius 2 is 1.76 bits per heavy atom. The van der Waals surface area contributed by atoms with E-state index in [0.717, 1.165) is 55.1 Å². The van der Waals surface area contributed by atoms with E-state index < -0.39 is 5.60 Å².